The van der Waals surface area contributed by atoms with Gasteiger partial charge in [0.05, 0.1) is 14.2 Å². The topological polar surface area (TPSA) is 56.4 Å². The molecule has 3 rings (SSSR count). The Kier molecular flexibility index (Phi) is 6.68. The van der Waals surface area contributed by atoms with Crippen molar-refractivity contribution in [2.24, 2.45) is 0 Å². The first-order valence-corrected chi connectivity index (χ1v) is 9.41. The Morgan fingerprint density at radius 1 is 0.926 bits per heavy atom. The normalized spacial score (nSPS) is 19.3. The van der Waals surface area contributed by atoms with Crippen LogP contribution in [-0.2, 0) is 11.3 Å². The Balaban J connectivity index is 1.45. The Bertz CT molecular complexity index is 744. The molecule has 1 aliphatic heterocycles. The molecule has 27 heavy (non-hydrogen) atoms. The smallest absolute Gasteiger partial charge is 0.279 e. The van der Waals surface area contributed by atoms with Crippen molar-refractivity contribution in [3.05, 3.63) is 54.1 Å². The van der Waals surface area contributed by atoms with Crippen molar-refractivity contribution in [2.45, 2.75) is 6.54 Å². The first-order chi connectivity index (χ1) is 13.2. The lowest BCUT2D eigenvalue weighted by Crippen LogP contribution is -3.28. The fourth-order valence-electron chi connectivity index (χ4n) is 3.54. The number of nitrogens with one attached hydrogen (secondary N) is 3. The maximum Gasteiger partial charge on any atom is 0.279 e. The zero-order valence-corrected chi connectivity index (χ0v) is 16.1. The van der Waals surface area contributed by atoms with Crippen LogP contribution in [0.25, 0.3) is 0 Å². The van der Waals surface area contributed by atoms with Gasteiger partial charge in [-0.05, 0) is 30.3 Å². The maximum atomic E-state index is 12.2. The Labute approximate surface area is 160 Å². The maximum absolute atomic E-state index is 12.2. The monoisotopic (exact) mass is 371 g/mol. The number of benzene rings is 2. The fourth-order valence-corrected chi connectivity index (χ4v) is 3.54. The van der Waals surface area contributed by atoms with E-state index in [1.54, 1.807) is 14.2 Å². The molecule has 3 N–H and O–H groups in total. The predicted octanol–water partition coefficient (Wildman–Crippen LogP) is -0.374. The number of quaternary nitrogens is 2. The molecular formula is C21H29N3O3+2. The first kappa shape index (κ1) is 19.2. The molecule has 0 aliphatic carbocycles. The third kappa shape index (κ3) is 5.45. The van der Waals surface area contributed by atoms with E-state index in [1.165, 1.54) is 15.4 Å². The zero-order valence-electron chi connectivity index (χ0n) is 16.1. The number of hydrogen-bond donors (Lipinski definition) is 3. The van der Waals surface area contributed by atoms with Crippen molar-refractivity contribution in [1.29, 1.82) is 0 Å². The number of hydrogen-bond acceptors (Lipinski definition) is 3. The van der Waals surface area contributed by atoms with Crippen molar-refractivity contribution in [3.8, 4) is 11.5 Å². The van der Waals surface area contributed by atoms with Crippen molar-refractivity contribution in [3.63, 3.8) is 0 Å². The van der Waals surface area contributed by atoms with E-state index in [4.69, 9.17) is 9.47 Å². The molecule has 0 aromatic heterocycles. The summed E-state index contributed by atoms with van der Waals surface area (Å²) in [5.41, 5.74) is 2.10. The molecule has 1 heterocycles. The van der Waals surface area contributed by atoms with Crippen molar-refractivity contribution in [1.82, 2.24) is 0 Å². The van der Waals surface area contributed by atoms with Gasteiger partial charge in [0.15, 0.2) is 18.0 Å². The molecule has 0 unspecified atom stereocenters. The second-order valence-electron chi connectivity index (χ2n) is 6.96. The first-order valence-electron chi connectivity index (χ1n) is 9.41. The summed E-state index contributed by atoms with van der Waals surface area (Å²) in [5.74, 6) is 1.62. The minimum absolute atomic E-state index is 0.0829. The van der Waals surface area contributed by atoms with Crippen LogP contribution in [0.4, 0.5) is 5.69 Å². The highest BCUT2D eigenvalue weighted by Crippen LogP contribution is 2.27. The van der Waals surface area contributed by atoms with Gasteiger partial charge in [-0.15, -0.1) is 0 Å². The van der Waals surface area contributed by atoms with E-state index >= 15 is 0 Å². The van der Waals surface area contributed by atoms with Gasteiger partial charge in [0.2, 0.25) is 0 Å². The number of methoxy groups -OCH3 is 2. The Morgan fingerprint density at radius 3 is 2.26 bits per heavy atom. The number of piperazine rings is 1. The average molecular weight is 371 g/mol. The molecule has 0 radical (unpaired) electrons. The molecule has 0 atom stereocenters. The van der Waals surface area contributed by atoms with E-state index in [1.807, 2.05) is 36.4 Å². The van der Waals surface area contributed by atoms with Crippen LogP contribution in [0.2, 0.25) is 0 Å². The lowest BCUT2D eigenvalue weighted by molar-refractivity contribution is -1.02. The second kappa shape index (κ2) is 9.39. The molecule has 1 amide bonds. The molecule has 1 aliphatic rings. The molecule has 0 bridgehead atoms. The standard InChI is InChI=1S/C21H27N3O3/c1-26-19-9-8-17(14-20(19)27-2)15-23-10-12-24(13-11-23)16-21(25)22-18-6-4-3-5-7-18/h3-9,14H,10-13,15-16H2,1-2H3,(H,22,25)/p+2. The molecule has 2 aromatic carbocycles. The van der Waals surface area contributed by atoms with Crippen LogP contribution in [-0.4, -0.2) is 52.9 Å². The van der Waals surface area contributed by atoms with Gasteiger partial charge in [-0.25, -0.2) is 0 Å². The molecule has 144 valence electrons. The van der Waals surface area contributed by atoms with Crippen LogP contribution < -0.4 is 24.6 Å². The van der Waals surface area contributed by atoms with E-state index in [0.29, 0.717) is 6.54 Å². The molecule has 6 heteroatoms. The van der Waals surface area contributed by atoms with Gasteiger partial charge in [-0.2, -0.15) is 0 Å². The Morgan fingerprint density at radius 2 is 1.59 bits per heavy atom. The summed E-state index contributed by atoms with van der Waals surface area (Å²) in [6.07, 6.45) is 0. The number of para-hydroxylation sites is 1. The molecule has 6 nitrogen and oxygen atoms in total. The minimum Gasteiger partial charge on any atom is -0.493 e. The molecule has 2 aromatic rings. The quantitative estimate of drug-likeness (QED) is 0.622. The van der Waals surface area contributed by atoms with E-state index in [9.17, 15) is 4.79 Å². The van der Waals surface area contributed by atoms with E-state index in [-0.39, 0.29) is 5.91 Å². The number of anilines is 1. The third-order valence-electron chi connectivity index (χ3n) is 5.03. The molecular weight excluding hydrogens is 342 g/mol. The molecule has 1 saturated heterocycles. The highest BCUT2D eigenvalue weighted by Gasteiger charge is 2.25. The number of amides is 1. The van der Waals surface area contributed by atoms with Crippen LogP contribution in [0.3, 0.4) is 0 Å². The van der Waals surface area contributed by atoms with Gasteiger partial charge >= 0.3 is 0 Å². The van der Waals surface area contributed by atoms with E-state index < -0.39 is 0 Å². The third-order valence-corrected chi connectivity index (χ3v) is 5.03. The summed E-state index contributed by atoms with van der Waals surface area (Å²) >= 11 is 0. The highest BCUT2D eigenvalue weighted by molar-refractivity contribution is 5.91. The SMILES string of the molecule is COc1ccc(C[NH+]2CC[NH+](CC(=O)Nc3ccccc3)CC2)cc1OC. The van der Waals surface area contributed by atoms with Gasteiger partial charge < -0.3 is 24.6 Å². The largest absolute Gasteiger partial charge is 0.493 e. The number of carbonyl (C=O) groups is 1. The van der Waals surface area contributed by atoms with Crippen molar-refractivity contribution >= 4 is 11.6 Å². The van der Waals surface area contributed by atoms with Crippen molar-refractivity contribution in [2.75, 3.05) is 52.3 Å². The lowest BCUT2D eigenvalue weighted by Gasteiger charge is -2.29. The minimum atomic E-state index is 0.0829. The summed E-state index contributed by atoms with van der Waals surface area (Å²) in [5, 5.41) is 2.97. The fraction of sp³-hybridized carbons (Fsp3) is 0.381. The lowest BCUT2D eigenvalue weighted by atomic mass is 10.1. The summed E-state index contributed by atoms with van der Waals surface area (Å²) in [7, 11) is 3.32. The molecule has 1 fully saturated rings. The Hall–Kier alpha value is -2.57. The van der Waals surface area contributed by atoms with Gasteiger partial charge in [-0.1, -0.05) is 18.2 Å². The predicted molar refractivity (Wildman–Crippen MR) is 105 cm³/mol. The van der Waals surface area contributed by atoms with Crippen LogP contribution in [0.15, 0.2) is 48.5 Å². The number of ether oxygens (including phenoxy) is 2. The number of carbonyl (C=O) groups excluding carboxylic acids is 1. The summed E-state index contributed by atoms with van der Waals surface area (Å²) in [4.78, 5) is 15.1. The molecule has 0 spiro atoms. The van der Waals surface area contributed by atoms with Crippen molar-refractivity contribution < 1.29 is 24.1 Å². The summed E-state index contributed by atoms with van der Waals surface area (Å²) < 4.78 is 10.7. The molecule has 0 saturated carbocycles. The van der Waals surface area contributed by atoms with Gasteiger partial charge in [0, 0.05) is 11.3 Å². The van der Waals surface area contributed by atoms with E-state index in [0.717, 1.165) is 49.9 Å². The average Bonchev–Trinajstić information content (AvgIpc) is 2.70. The highest BCUT2D eigenvalue weighted by atomic mass is 16.5. The summed E-state index contributed by atoms with van der Waals surface area (Å²) in [6, 6.07) is 15.7. The van der Waals surface area contributed by atoms with Crippen LogP contribution in [0, 0.1) is 0 Å². The van der Waals surface area contributed by atoms with Crippen LogP contribution >= 0.6 is 0 Å². The van der Waals surface area contributed by atoms with Gasteiger partial charge in [0.1, 0.15) is 32.7 Å². The van der Waals surface area contributed by atoms with Gasteiger partial charge in [0.25, 0.3) is 5.91 Å². The number of rotatable bonds is 7. The van der Waals surface area contributed by atoms with Crippen LogP contribution in [0.1, 0.15) is 5.56 Å². The van der Waals surface area contributed by atoms with Gasteiger partial charge in [-0.3, -0.25) is 4.79 Å². The van der Waals surface area contributed by atoms with E-state index in [2.05, 4.69) is 17.4 Å². The second-order valence-corrected chi connectivity index (χ2v) is 6.96. The van der Waals surface area contributed by atoms with Crippen LogP contribution in [0.5, 0.6) is 11.5 Å². The zero-order chi connectivity index (χ0) is 19.1. The summed E-state index contributed by atoms with van der Waals surface area (Å²) in [6.45, 7) is 5.61.